The van der Waals surface area contributed by atoms with Crippen LogP contribution in [0.25, 0.3) is 0 Å². The zero-order valence-corrected chi connectivity index (χ0v) is 10.1. The van der Waals surface area contributed by atoms with Crippen molar-refractivity contribution in [1.82, 2.24) is 9.97 Å². The van der Waals surface area contributed by atoms with Crippen LogP contribution in [-0.2, 0) is 9.47 Å². The van der Waals surface area contributed by atoms with Crippen LogP contribution in [0, 0.1) is 6.92 Å². The van der Waals surface area contributed by atoms with Gasteiger partial charge < -0.3 is 9.47 Å². The van der Waals surface area contributed by atoms with Gasteiger partial charge in [-0.1, -0.05) is 0 Å². The van der Waals surface area contributed by atoms with E-state index >= 15 is 0 Å². The topological polar surface area (TPSA) is 61.3 Å². The van der Waals surface area contributed by atoms with Crippen molar-refractivity contribution >= 4 is 5.97 Å². The second-order valence-corrected chi connectivity index (χ2v) is 3.95. The summed E-state index contributed by atoms with van der Waals surface area (Å²) >= 11 is 0. The molecule has 5 nitrogen and oxygen atoms in total. The third-order valence-corrected chi connectivity index (χ3v) is 2.60. The van der Waals surface area contributed by atoms with Crippen LogP contribution >= 0.6 is 0 Å². The molecule has 2 heterocycles. The molecule has 1 saturated heterocycles. The van der Waals surface area contributed by atoms with Gasteiger partial charge in [0.2, 0.25) is 0 Å². The Labute approximate surface area is 100 Å². The lowest BCUT2D eigenvalue weighted by Crippen LogP contribution is -2.11. The molecule has 1 aliphatic rings. The van der Waals surface area contributed by atoms with Gasteiger partial charge in [-0.3, -0.25) is 0 Å². The third kappa shape index (κ3) is 2.79. The van der Waals surface area contributed by atoms with Crippen LogP contribution in [0.3, 0.4) is 0 Å². The molecule has 0 bridgehead atoms. The fraction of sp³-hybridized carbons (Fsp3) is 0.583. The van der Waals surface area contributed by atoms with E-state index in [1.807, 2.05) is 0 Å². The normalized spacial score (nSPS) is 19.3. The second kappa shape index (κ2) is 5.23. The molecule has 0 radical (unpaired) electrons. The molecule has 2 rings (SSSR count). The smallest absolute Gasteiger partial charge is 0.357 e. The molecule has 0 spiro atoms. The highest BCUT2D eigenvalue weighted by atomic mass is 16.5. The number of carbonyl (C=O) groups excluding carboxylic acids is 1. The minimum absolute atomic E-state index is 0.00937. The van der Waals surface area contributed by atoms with E-state index in [4.69, 9.17) is 9.47 Å². The molecule has 1 fully saturated rings. The summed E-state index contributed by atoms with van der Waals surface area (Å²) in [6, 6.07) is 1.67. The fourth-order valence-corrected chi connectivity index (χ4v) is 1.88. The molecule has 0 unspecified atom stereocenters. The zero-order valence-electron chi connectivity index (χ0n) is 10.1. The summed E-state index contributed by atoms with van der Waals surface area (Å²) in [4.78, 5) is 20.0. The first kappa shape index (κ1) is 12.0. The van der Waals surface area contributed by atoms with Gasteiger partial charge in [0.25, 0.3) is 0 Å². The lowest BCUT2D eigenvalue weighted by atomic mass is 10.1. The molecule has 0 N–H and O–H groups in total. The lowest BCUT2D eigenvalue weighted by Gasteiger charge is -2.10. The highest BCUT2D eigenvalue weighted by molar-refractivity contribution is 5.87. The van der Waals surface area contributed by atoms with E-state index < -0.39 is 5.97 Å². The Morgan fingerprint density at radius 3 is 3.06 bits per heavy atom. The van der Waals surface area contributed by atoms with E-state index in [1.165, 1.54) is 0 Å². The van der Waals surface area contributed by atoms with Gasteiger partial charge in [-0.2, -0.15) is 0 Å². The van der Waals surface area contributed by atoms with Crippen LogP contribution < -0.4 is 0 Å². The van der Waals surface area contributed by atoms with Crippen molar-refractivity contribution in [2.45, 2.75) is 32.8 Å². The second-order valence-electron chi connectivity index (χ2n) is 3.95. The molecule has 0 saturated carbocycles. The number of nitrogens with zero attached hydrogens (tertiary/aromatic N) is 2. The summed E-state index contributed by atoms with van der Waals surface area (Å²) in [5.41, 5.74) is 1.09. The average Bonchev–Trinajstić information content (AvgIpc) is 2.82. The molecule has 5 heteroatoms. The van der Waals surface area contributed by atoms with E-state index in [1.54, 1.807) is 19.9 Å². The molecule has 1 aliphatic heterocycles. The number of aryl methyl sites for hydroxylation is 1. The van der Waals surface area contributed by atoms with Crippen molar-refractivity contribution in [1.29, 1.82) is 0 Å². The van der Waals surface area contributed by atoms with Crippen LogP contribution in [0.4, 0.5) is 0 Å². The quantitative estimate of drug-likeness (QED) is 0.749. The maximum Gasteiger partial charge on any atom is 0.357 e. The molecule has 0 aliphatic carbocycles. The number of rotatable bonds is 3. The summed E-state index contributed by atoms with van der Waals surface area (Å²) in [5, 5.41) is 0. The Morgan fingerprint density at radius 1 is 1.59 bits per heavy atom. The van der Waals surface area contributed by atoms with Crippen LogP contribution in [0.5, 0.6) is 0 Å². The maximum absolute atomic E-state index is 11.6. The number of aromatic nitrogens is 2. The first-order chi connectivity index (χ1) is 8.20. The summed E-state index contributed by atoms with van der Waals surface area (Å²) in [6.07, 6.45) is 1.96. The molecule has 92 valence electrons. The minimum Gasteiger partial charge on any atom is -0.461 e. The molecule has 17 heavy (non-hydrogen) atoms. The number of hydrogen-bond acceptors (Lipinski definition) is 5. The Morgan fingerprint density at radius 2 is 2.41 bits per heavy atom. The Balaban J connectivity index is 2.25. The van der Waals surface area contributed by atoms with Gasteiger partial charge in [-0.05, 0) is 32.8 Å². The van der Waals surface area contributed by atoms with Gasteiger partial charge in [0.15, 0.2) is 5.69 Å². The van der Waals surface area contributed by atoms with Crippen LogP contribution in [0.1, 0.15) is 47.9 Å². The molecule has 0 amide bonds. The van der Waals surface area contributed by atoms with Crippen molar-refractivity contribution < 1.29 is 14.3 Å². The summed E-state index contributed by atoms with van der Waals surface area (Å²) in [6.45, 7) is 4.63. The van der Waals surface area contributed by atoms with E-state index in [9.17, 15) is 4.79 Å². The summed E-state index contributed by atoms with van der Waals surface area (Å²) < 4.78 is 10.5. The third-order valence-electron chi connectivity index (χ3n) is 2.60. The maximum atomic E-state index is 11.6. The highest BCUT2D eigenvalue weighted by Gasteiger charge is 2.21. The van der Waals surface area contributed by atoms with Crippen molar-refractivity contribution in [3.63, 3.8) is 0 Å². The number of ether oxygens (including phenoxy) is 2. The van der Waals surface area contributed by atoms with E-state index in [-0.39, 0.29) is 6.10 Å². The Bertz CT molecular complexity index is 414. The molecule has 0 aromatic carbocycles. The molecule has 1 aromatic heterocycles. The summed E-state index contributed by atoms with van der Waals surface area (Å²) in [5.74, 6) is 0.165. The molecular weight excluding hydrogens is 220 g/mol. The fourth-order valence-electron chi connectivity index (χ4n) is 1.88. The van der Waals surface area contributed by atoms with Crippen molar-refractivity contribution in [3.8, 4) is 0 Å². The largest absolute Gasteiger partial charge is 0.461 e. The lowest BCUT2D eigenvalue weighted by molar-refractivity contribution is 0.0517. The van der Waals surface area contributed by atoms with E-state index in [0.29, 0.717) is 18.1 Å². The zero-order chi connectivity index (χ0) is 12.3. The summed E-state index contributed by atoms with van der Waals surface area (Å²) in [7, 11) is 0. The number of hydrogen-bond donors (Lipinski definition) is 0. The first-order valence-electron chi connectivity index (χ1n) is 5.85. The number of esters is 1. The standard InChI is InChI=1S/C12H16N2O3/c1-3-16-12(15)10-7-9(13-8(2)14-10)11-5-4-6-17-11/h7,11H,3-6H2,1-2H3/t11-/m1/s1. The van der Waals surface area contributed by atoms with Crippen molar-refractivity contribution in [2.24, 2.45) is 0 Å². The van der Waals surface area contributed by atoms with Crippen molar-refractivity contribution in [3.05, 3.63) is 23.3 Å². The average molecular weight is 236 g/mol. The van der Waals surface area contributed by atoms with Crippen LogP contribution in [-0.4, -0.2) is 29.2 Å². The van der Waals surface area contributed by atoms with E-state index in [2.05, 4.69) is 9.97 Å². The first-order valence-corrected chi connectivity index (χ1v) is 5.85. The Hall–Kier alpha value is -1.49. The van der Waals surface area contributed by atoms with Crippen molar-refractivity contribution in [2.75, 3.05) is 13.2 Å². The molecule has 1 aromatic rings. The molecular formula is C12H16N2O3. The van der Waals surface area contributed by atoms with Crippen LogP contribution in [0.2, 0.25) is 0 Å². The van der Waals surface area contributed by atoms with Crippen LogP contribution in [0.15, 0.2) is 6.07 Å². The minimum atomic E-state index is -0.405. The van der Waals surface area contributed by atoms with Gasteiger partial charge in [0.1, 0.15) is 5.82 Å². The van der Waals surface area contributed by atoms with Gasteiger partial charge in [0, 0.05) is 6.61 Å². The Kier molecular flexibility index (Phi) is 3.68. The van der Waals surface area contributed by atoms with Gasteiger partial charge in [0.05, 0.1) is 18.4 Å². The SMILES string of the molecule is CCOC(=O)c1cc([C@H]2CCCO2)nc(C)n1. The molecule has 1 atom stereocenters. The van der Waals surface area contributed by atoms with Gasteiger partial charge in [-0.25, -0.2) is 14.8 Å². The predicted molar refractivity (Wildman–Crippen MR) is 60.7 cm³/mol. The number of carbonyl (C=O) groups is 1. The predicted octanol–water partition coefficient (Wildman–Crippen LogP) is 1.81. The van der Waals surface area contributed by atoms with E-state index in [0.717, 1.165) is 25.1 Å². The monoisotopic (exact) mass is 236 g/mol. The van der Waals surface area contributed by atoms with Gasteiger partial charge in [-0.15, -0.1) is 0 Å². The van der Waals surface area contributed by atoms with Gasteiger partial charge >= 0.3 is 5.97 Å². The highest BCUT2D eigenvalue weighted by Crippen LogP contribution is 2.27.